The second-order valence-corrected chi connectivity index (χ2v) is 9.11. The summed E-state index contributed by atoms with van der Waals surface area (Å²) in [4.78, 5) is -0.121. The van der Waals surface area contributed by atoms with Gasteiger partial charge in [0.15, 0.2) is 0 Å². The van der Waals surface area contributed by atoms with E-state index in [1.807, 2.05) is 0 Å². The van der Waals surface area contributed by atoms with Gasteiger partial charge in [-0.1, -0.05) is 12.8 Å². The van der Waals surface area contributed by atoms with E-state index in [4.69, 9.17) is 5.11 Å². The number of hydrogen-bond acceptors (Lipinski definition) is 3. The highest BCUT2D eigenvalue weighted by Gasteiger charge is 2.32. The van der Waals surface area contributed by atoms with Crippen molar-refractivity contribution in [3.63, 3.8) is 0 Å². The lowest BCUT2D eigenvalue weighted by molar-refractivity contribution is -0.137. The third-order valence-electron chi connectivity index (χ3n) is 5.14. The maximum Gasteiger partial charge on any atom is 0.416 e. The summed E-state index contributed by atoms with van der Waals surface area (Å²) < 4.78 is 64.3. The quantitative estimate of drug-likeness (QED) is 0.764. The van der Waals surface area contributed by atoms with Crippen molar-refractivity contribution < 1.29 is 26.7 Å². The normalized spacial score (nSPS) is 21.9. The molecule has 0 heterocycles. The first-order chi connectivity index (χ1) is 12.1. The van der Waals surface area contributed by atoms with Crippen molar-refractivity contribution in [2.75, 3.05) is 20.2 Å². The Hall–Kier alpha value is -1.12. The van der Waals surface area contributed by atoms with Gasteiger partial charge in [-0.15, -0.1) is 0 Å². The van der Waals surface area contributed by atoms with Gasteiger partial charge in [-0.3, -0.25) is 0 Å². The van der Waals surface area contributed by atoms with Crippen molar-refractivity contribution >= 4 is 10.0 Å². The van der Waals surface area contributed by atoms with Gasteiger partial charge < -0.3 is 5.11 Å². The molecule has 1 aromatic rings. The van der Waals surface area contributed by atoms with Crippen molar-refractivity contribution in [1.82, 2.24) is 4.31 Å². The SMILES string of the molecule is CN(C[C@H]1CC[C@H](CCCO)CC1)S(=O)(=O)c1ccc(C(F)(F)F)cc1. The molecule has 1 saturated carbocycles. The molecule has 148 valence electrons. The Kier molecular flexibility index (Phi) is 7.10. The van der Waals surface area contributed by atoms with E-state index in [9.17, 15) is 21.6 Å². The summed E-state index contributed by atoms with van der Waals surface area (Å²) in [6, 6.07) is 3.63. The monoisotopic (exact) mass is 393 g/mol. The van der Waals surface area contributed by atoms with Gasteiger partial charge in [-0.05, 0) is 61.8 Å². The third-order valence-corrected chi connectivity index (χ3v) is 6.98. The Labute approximate surface area is 153 Å². The van der Waals surface area contributed by atoms with Crippen LogP contribution in [0.5, 0.6) is 0 Å². The summed E-state index contributed by atoms with van der Waals surface area (Å²) in [6.45, 7) is 0.574. The number of hydrogen-bond donors (Lipinski definition) is 1. The predicted octanol–water partition coefficient (Wildman–Crippen LogP) is 3.90. The highest BCUT2D eigenvalue weighted by atomic mass is 32.2. The van der Waals surface area contributed by atoms with Crippen molar-refractivity contribution in [1.29, 1.82) is 0 Å². The molecule has 0 unspecified atom stereocenters. The molecule has 1 N–H and O–H groups in total. The van der Waals surface area contributed by atoms with Crippen LogP contribution in [0.1, 0.15) is 44.1 Å². The molecule has 0 atom stereocenters. The molecule has 0 aliphatic heterocycles. The number of halogens is 3. The topological polar surface area (TPSA) is 57.6 Å². The molecule has 0 bridgehead atoms. The third kappa shape index (κ3) is 5.44. The number of rotatable bonds is 7. The van der Waals surface area contributed by atoms with Crippen molar-refractivity contribution in [2.45, 2.75) is 49.6 Å². The number of alkyl halides is 3. The van der Waals surface area contributed by atoms with Crippen molar-refractivity contribution in [2.24, 2.45) is 11.8 Å². The van der Waals surface area contributed by atoms with Gasteiger partial charge in [0.2, 0.25) is 10.0 Å². The van der Waals surface area contributed by atoms with Gasteiger partial charge in [0.05, 0.1) is 10.5 Å². The van der Waals surface area contributed by atoms with Crippen LogP contribution in [0.3, 0.4) is 0 Å². The number of aliphatic hydroxyl groups is 1. The molecule has 8 heteroatoms. The zero-order valence-electron chi connectivity index (χ0n) is 14.9. The number of sulfonamides is 1. The van der Waals surface area contributed by atoms with Gasteiger partial charge in [-0.2, -0.15) is 13.2 Å². The molecular formula is C18H26F3NO3S. The lowest BCUT2D eigenvalue weighted by Crippen LogP contribution is -2.33. The first-order valence-electron chi connectivity index (χ1n) is 8.89. The smallest absolute Gasteiger partial charge is 0.396 e. The summed E-state index contributed by atoms with van der Waals surface area (Å²) in [5, 5.41) is 8.89. The number of aliphatic hydroxyl groups excluding tert-OH is 1. The lowest BCUT2D eigenvalue weighted by Gasteiger charge is -2.31. The number of nitrogens with zero attached hydrogens (tertiary/aromatic N) is 1. The van der Waals surface area contributed by atoms with Crippen LogP contribution in [0.2, 0.25) is 0 Å². The fraction of sp³-hybridized carbons (Fsp3) is 0.667. The second-order valence-electron chi connectivity index (χ2n) is 7.06. The standard InChI is InChI=1S/C18H26F3NO3S/c1-22(13-15-6-4-14(5-7-15)3-2-12-23)26(24,25)17-10-8-16(9-11-17)18(19,20)21/h8-11,14-15,23H,2-7,12-13H2,1H3/t14-,15-. The van der Waals surface area contributed by atoms with Gasteiger partial charge in [0, 0.05) is 20.2 Å². The lowest BCUT2D eigenvalue weighted by atomic mass is 9.80. The van der Waals surface area contributed by atoms with E-state index in [0.717, 1.165) is 62.8 Å². The molecule has 0 spiro atoms. The minimum Gasteiger partial charge on any atom is -0.396 e. The van der Waals surface area contributed by atoms with E-state index < -0.39 is 21.8 Å². The molecular weight excluding hydrogens is 367 g/mol. The van der Waals surface area contributed by atoms with Crippen molar-refractivity contribution in [3.8, 4) is 0 Å². The van der Waals surface area contributed by atoms with E-state index >= 15 is 0 Å². The molecule has 0 aromatic heterocycles. The van der Waals surface area contributed by atoms with Crippen LogP contribution in [-0.4, -0.2) is 38.0 Å². The summed E-state index contributed by atoms with van der Waals surface area (Å²) >= 11 is 0. The van der Waals surface area contributed by atoms with Crippen LogP contribution in [0.15, 0.2) is 29.2 Å². The van der Waals surface area contributed by atoms with Gasteiger partial charge >= 0.3 is 6.18 Å². The Morgan fingerprint density at radius 3 is 2.12 bits per heavy atom. The summed E-state index contributed by atoms with van der Waals surface area (Å²) in [5.41, 5.74) is -0.861. The zero-order valence-corrected chi connectivity index (χ0v) is 15.7. The van der Waals surface area contributed by atoms with Crippen molar-refractivity contribution in [3.05, 3.63) is 29.8 Å². The largest absolute Gasteiger partial charge is 0.416 e. The maximum atomic E-state index is 12.6. The van der Waals surface area contributed by atoms with Crippen LogP contribution in [0.25, 0.3) is 0 Å². The van der Waals surface area contributed by atoms with Crippen LogP contribution in [0.4, 0.5) is 13.2 Å². The van der Waals surface area contributed by atoms with E-state index in [-0.39, 0.29) is 17.4 Å². The fourth-order valence-corrected chi connectivity index (χ4v) is 4.79. The Morgan fingerprint density at radius 2 is 1.62 bits per heavy atom. The number of benzene rings is 1. The molecule has 0 saturated heterocycles. The van der Waals surface area contributed by atoms with Gasteiger partial charge in [0.25, 0.3) is 0 Å². The molecule has 2 rings (SSSR count). The van der Waals surface area contributed by atoms with Crippen LogP contribution >= 0.6 is 0 Å². The van der Waals surface area contributed by atoms with E-state index in [1.165, 1.54) is 11.4 Å². The Balaban J connectivity index is 1.95. The van der Waals surface area contributed by atoms with Gasteiger partial charge in [0.1, 0.15) is 0 Å². The molecule has 0 radical (unpaired) electrons. The minimum absolute atomic E-state index is 0.121. The Bertz CT molecular complexity index is 666. The average molecular weight is 393 g/mol. The maximum absolute atomic E-state index is 12.6. The molecule has 1 fully saturated rings. The minimum atomic E-state index is -4.48. The van der Waals surface area contributed by atoms with E-state index in [1.54, 1.807) is 0 Å². The molecule has 26 heavy (non-hydrogen) atoms. The summed E-state index contributed by atoms with van der Waals surface area (Å²) in [6.07, 6.45) is 1.24. The summed E-state index contributed by atoms with van der Waals surface area (Å²) in [7, 11) is -2.32. The second kappa shape index (κ2) is 8.71. The molecule has 1 aliphatic carbocycles. The average Bonchev–Trinajstić information content (AvgIpc) is 2.60. The van der Waals surface area contributed by atoms with E-state index in [0.29, 0.717) is 12.5 Å². The Morgan fingerprint density at radius 1 is 1.08 bits per heavy atom. The highest BCUT2D eigenvalue weighted by Crippen LogP contribution is 2.33. The fourth-order valence-electron chi connectivity index (χ4n) is 3.54. The highest BCUT2D eigenvalue weighted by molar-refractivity contribution is 7.89. The molecule has 1 aliphatic rings. The first-order valence-corrected chi connectivity index (χ1v) is 10.3. The zero-order chi connectivity index (χ0) is 19.4. The molecule has 4 nitrogen and oxygen atoms in total. The van der Waals surface area contributed by atoms with Crippen LogP contribution in [0, 0.1) is 11.8 Å². The van der Waals surface area contributed by atoms with Crippen LogP contribution in [-0.2, 0) is 16.2 Å². The van der Waals surface area contributed by atoms with Gasteiger partial charge in [-0.25, -0.2) is 12.7 Å². The summed E-state index contributed by atoms with van der Waals surface area (Å²) in [5.74, 6) is 0.852. The predicted molar refractivity (Wildman–Crippen MR) is 93.0 cm³/mol. The first kappa shape index (κ1) is 21.2. The van der Waals surface area contributed by atoms with E-state index in [2.05, 4.69) is 0 Å². The van der Waals surface area contributed by atoms with Crippen LogP contribution < -0.4 is 0 Å². The molecule has 0 amide bonds. The molecule has 1 aromatic carbocycles.